The molecule has 1 saturated heterocycles. The smallest absolute Gasteiger partial charge is 0.335 e. The Hall–Kier alpha value is -3.44. The van der Waals surface area contributed by atoms with Gasteiger partial charge in [-0.3, -0.25) is 14.9 Å². The number of halogens is 1. The third-order valence-corrected chi connectivity index (χ3v) is 4.90. The lowest BCUT2D eigenvalue weighted by atomic mass is 10.1. The van der Waals surface area contributed by atoms with Crippen LogP contribution in [0.3, 0.4) is 0 Å². The molecule has 3 rings (SSSR count). The third kappa shape index (κ3) is 3.80. The first-order valence-electron chi connectivity index (χ1n) is 8.18. The van der Waals surface area contributed by atoms with Gasteiger partial charge in [0.05, 0.1) is 5.69 Å². The second-order valence-corrected chi connectivity index (χ2v) is 6.73. The lowest BCUT2D eigenvalue weighted by molar-refractivity contribution is -0.122. The maximum atomic E-state index is 12.9. The number of nitrogens with one attached hydrogen (secondary N) is 1. The number of rotatable bonds is 4. The van der Waals surface area contributed by atoms with Crippen molar-refractivity contribution in [2.75, 3.05) is 11.5 Å². The van der Waals surface area contributed by atoms with Crippen LogP contribution in [-0.4, -0.2) is 24.5 Å². The summed E-state index contributed by atoms with van der Waals surface area (Å²) < 4.78 is 6.16. The number of urea groups is 1. The van der Waals surface area contributed by atoms with Crippen molar-refractivity contribution >= 4 is 45.5 Å². The molecule has 2 aromatic carbocycles. The molecule has 0 bridgehead atoms. The molecule has 1 N–H and O–H groups in total. The number of ether oxygens (including phenoxy) is 1. The Kier molecular flexibility index (Phi) is 5.57. The van der Waals surface area contributed by atoms with E-state index in [9.17, 15) is 14.4 Å². The highest BCUT2D eigenvalue weighted by atomic mass is 79.9. The number of para-hydroxylation sites is 1. The van der Waals surface area contributed by atoms with Crippen LogP contribution in [-0.2, 0) is 9.59 Å². The fourth-order valence-corrected chi connectivity index (χ4v) is 2.90. The van der Waals surface area contributed by atoms with Crippen molar-refractivity contribution in [1.82, 2.24) is 5.32 Å². The number of aryl methyl sites for hydroxylation is 1. The van der Waals surface area contributed by atoms with Gasteiger partial charge in [-0.1, -0.05) is 34.1 Å². The Bertz CT molecular complexity index is 1060. The van der Waals surface area contributed by atoms with E-state index >= 15 is 0 Å². The zero-order valence-corrected chi connectivity index (χ0v) is 16.3. The normalized spacial score (nSPS) is 15.4. The second-order valence-electron chi connectivity index (χ2n) is 5.88. The highest BCUT2D eigenvalue weighted by molar-refractivity contribution is 9.10. The van der Waals surface area contributed by atoms with E-state index in [0.29, 0.717) is 17.0 Å². The van der Waals surface area contributed by atoms with Crippen LogP contribution in [0.1, 0.15) is 11.1 Å². The minimum atomic E-state index is -0.817. The zero-order valence-electron chi connectivity index (χ0n) is 14.7. The standard InChI is InChI=1S/C20H14BrN3O4/c1-12-10-14(6-7-16(12)21)24-19(26)15(18(25)23-20(24)27)11-13-4-2-3-5-17(13)28-9-8-22/h2-7,10-11H,9H2,1H3,(H,23,25,27). The first-order valence-corrected chi connectivity index (χ1v) is 8.98. The first kappa shape index (κ1) is 19.3. The summed E-state index contributed by atoms with van der Waals surface area (Å²) in [5.41, 5.74) is 1.40. The van der Waals surface area contributed by atoms with E-state index in [2.05, 4.69) is 21.2 Å². The van der Waals surface area contributed by atoms with Crippen molar-refractivity contribution in [3.63, 3.8) is 0 Å². The minimum absolute atomic E-state index is 0.177. The molecule has 8 heteroatoms. The molecule has 0 spiro atoms. The number of hydrogen-bond acceptors (Lipinski definition) is 5. The summed E-state index contributed by atoms with van der Waals surface area (Å²) in [6.07, 6.45) is 1.34. The molecular formula is C20H14BrN3O4. The number of benzene rings is 2. The highest BCUT2D eigenvalue weighted by Crippen LogP contribution is 2.27. The second kappa shape index (κ2) is 8.06. The highest BCUT2D eigenvalue weighted by Gasteiger charge is 2.37. The molecule has 0 saturated carbocycles. The van der Waals surface area contributed by atoms with Gasteiger partial charge in [0.2, 0.25) is 0 Å². The predicted octanol–water partition coefficient (Wildman–Crippen LogP) is 3.33. The number of nitrogens with zero attached hydrogens (tertiary/aromatic N) is 2. The lowest BCUT2D eigenvalue weighted by Crippen LogP contribution is -2.54. The van der Waals surface area contributed by atoms with Crippen molar-refractivity contribution in [1.29, 1.82) is 5.26 Å². The first-order chi connectivity index (χ1) is 13.4. The van der Waals surface area contributed by atoms with Gasteiger partial charge in [0, 0.05) is 10.0 Å². The van der Waals surface area contributed by atoms with Crippen LogP contribution in [0.4, 0.5) is 10.5 Å². The molecule has 1 heterocycles. The number of carbonyl (C=O) groups excluding carboxylic acids is 3. The van der Waals surface area contributed by atoms with Crippen LogP contribution < -0.4 is 15.0 Å². The maximum Gasteiger partial charge on any atom is 0.335 e. The van der Waals surface area contributed by atoms with Crippen molar-refractivity contribution in [3.8, 4) is 11.8 Å². The number of amides is 4. The summed E-state index contributed by atoms with van der Waals surface area (Å²) in [6, 6.07) is 12.7. The number of carbonyl (C=O) groups is 3. The Morgan fingerprint density at radius 2 is 1.96 bits per heavy atom. The number of hydrogen-bond donors (Lipinski definition) is 1. The van der Waals surface area contributed by atoms with Gasteiger partial charge in [-0.05, 0) is 42.8 Å². The Morgan fingerprint density at radius 3 is 2.68 bits per heavy atom. The molecule has 28 heavy (non-hydrogen) atoms. The molecule has 2 aromatic rings. The van der Waals surface area contributed by atoms with Gasteiger partial charge in [0.1, 0.15) is 17.4 Å². The molecule has 1 fully saturated rings. The molecule has 140 valence electrons. The molecule has 1 aliphatic rings. The Labute approximate surface area is 169 Å². The molecule has 0 radical (unpaired) electrons. The lowest BCUT2D eigenvalue weighted by Gasteiger charge is -2.26. The summed E-state index contributed by atoms with van der Waals surface area (Å²) in [4.78, 5) is 38.4. The predicted molar refractivity (Wildman–Crippen MR) is 105 cm³/mol. The molecular weight excluding hydrogens is 426 g/mol. The van der Waals surface area contributed by atoms with Gasteiger partial charge >= 0.3 is 6.03 Å². The van der Waals surface area contributed by atoms with E-state index < -0.39 is 17.8 Å². The average molecular weight is 440 g/mol. The van der Waals surface area contributed by atoms with Crippen LogP contribution in [0, 0.1) is 18.3 Å². The number of barbiturate groups is 1. The molecule has 0 aromatic heterocycles. The van der Waals surface area contributed by atoms with Crippen LogP contribution >= 0.6 is 15.9 Å². The van der Waals surface area contributed by atoms with Crippen LogP contribution in [0.25, 0.3) is 6.08 Å². The molecule has 4 amide bonds. The minimum Gasteiger partial charge on any atom is -0.478 e. The number of anilines is 1. The van der Waals surface area contributed by atoms with E-state index in [1.807, 2.05) is 13.0 Å². The quantitative estimate of drug-likeness (QED) is 0.581. The summed E-state index contributed by atoms with van der Waals surface area (Å²) in [5.74, 6) is -1.19. The fourth-order valence-electron chi connectivity index (χ4n) is 2.66. The molecule has 0 atom stereocenters. The van der Waals surface area contributed by atoms with Crippen LogP contribution in [0.2, 0.25) is 0 Å². The van der Waals surface area contributed by atoms with Gasteiger partial charge in [-0.2, -0.15) is 5.26 Å². The topological polar surface area (TPSA) is 99.5 Å². The largest absolute Gasteiger partial charge is 0.478 e. The van der Waals surface area contributed by atoms with E-state index in [1.54, 1.807) is 42.5 Å². The SMILES string of the molecule is Cc1cc(N2C(=O)NC(=O)C(=Cc3ccccc3OCC#N)C2=O)ccc1Br. The summed E-state index contributed by atoms with van der Waals surface area (Å²) in [7, 11) is 0. The van der Waals surface area contributed by atoms with Crippen molar-refractivity contribution in [2.45, 2.75) is 6.92 Å². The van der Waals surface area contributed by atoms with Gasteiger partial charge in [0.25, 0.3) is 11.8 Å². The van der Waals surface area contributed by atoms with E-state index in [1.165, 1.54) is 6.08 Å². The monoisotopic (exact) mass is 439 g/mol. The van der Waals surface area contributed by atoms with Gasteiger partial charge < -0.3 is 4.74 Å². The van der Waals surface area contributed by atoms with Crippen molar-refractivity contribution in [2.24, 2.45) is 0 Å². The Morgan fingerprint density at radius 1 is 1.21 bits per heavy atom. The molecule has 0 unspecified atom stereocenters. The average Bonchev–Trinajstić information content (AvgIpc) is 2.67. The van der Waals surface area contributed by atoms with Crippen molar-refractivity contribution < 1.29 is 19.1 Å². The van der Waals surface area contributed by atoms with E-state index in [0.717, 1.165) is 14.9 Å². The maximum absolute atomic E-state index is 12.9. The fraction of sp³-hybridized carbons (Fsp3) is 0.100. The van der Waals surface area contributed by atoms with Crippen LogP contribution in [0.15, 0.2) is 52.5 Å². The van der Waals surface area contributed by atoms with E-state index in [4.69, 9.17) is 10.00 Å². The number of nitriles is 1. The summed E-state index contributed by atoms with van der Waals surface area (Å²) in [5, 5.41) is 10.9. The van der Waals surface area contributed by atoms with Gasteiger partial charge in [-0.25, -0.2) is 9.69 Å². The molecule has 0 aliphatic carbocycles. The van der Waals surface area contributed by atoms with Gasteiger partial charge in [-0.15, -0.1) is 0 Å². The zero-order chi connectivity index (χ0) is 20.3. The molecule has 7 nitrogen and oxygen atoms in total. The van der Waals surface area contributed by atoms with E-state index in [-0.39, 0.29) is 12.2 Å². The summed E-state index contributed by atoms with van der Waals surface area (Å²) >= 11 is 3.37. The molecule has 1 aliphatic heterocycles. The third-order valence-electron chi connectivity index (χ3n) is 4.01. The Balaban J connectivity index is 2.02. The van der Waals surface area contributed by atoms with Gasteiger partial charge in [0.15, 0.2) is 6.61 Å². The number of imide groups is 2. The summed E-state index contributed by atoms with van der Waals surface area (Å²) in [6.45, 7) is 1.65. The van der Waals surface area contributed by atoms with Crippen LogP contribution in [0.5, 0.6) is 5.75 Å². The van der Waals surface area contributed by atoms with Crippen molar-refractivity contribution in [3.05, 3.63) is 63.6 Å².